The number of Topliss-reactive ketones (excluding diaryl/α,β-unsaturated/α-hetero) is 1. The smallest absolute Gasteiger partial charge is 0.405 e. The van der Waals surface area contributed by atoms with E-state index in [0.717, 1.165) is 0 Å². The lowest BCUT2D eigenvalue weighted by molar-refractivity contribution is -0.122. The summed E-state index contributed by atoms with van der Waals surface area (Å²) in [5.41, 5.74) is 0. The summed E-state index contributed by atoms with van der Waals surface area (Å²) in [6.45, 7) is 0. The van der Waals surface area contributed by atoms with Crippen molar-refractivity contribution in [3.63, 3.8) is 0 Å². The number of amides is 1. The first-order chi connectivity index (χ1) is 7.85. The fourth-order valence-electron chi connectivity index (χ4n) is 2.17. The molecule has 98 valence electrons. The Labute approximate surface area is 106 Å². The maximum Gasteiger partial charge on any atom is 0.405 e. The van der Waals surface area contributed by atoms with E-state index in [1.54, 1.807) is 0 Å². The summed E-state index contributed by atoms with van der Waals surface area (Å²) in [6, 6.07) is -1.04. The van der Waals surface area contributed by atoms with Crippen LogP contribution in [0.15, 0.2) is 0 Å². The third-order valence-corrected chi connectivity index (χ3v) is 3.46. The Morgan fingerprint density at radius 1 is 1.53 bits per heavy atom. The van der Waals surface area contributed by atoms with E-state index >= 15 is 0 Å². The van der Waals surface area contributed by atoms with Gasteiger partial charge in [0.15, 0.2) is 5.78 Å². The van der Waals surface area contributed by atoms with E-state index in [4.69, 9.17) is 5.11 Å². The van der Waals surface area contributed by atoms with Gasteiger partial charge in [-0.05, 0) is 18.8 Å². The maximum absolute atomic E-state index is 13.2. The van der Waals surface area contributed by atoms with E-state index < -0.39 is 36.2 Å². The molecular formula is C10H14BrF2NO3. The van der Waals surface area contributed by atoms with Gasteiger partial charge in [-0.15, -0.1) is 0 Å². The lowest BCUT2D eigenvalue weighted by Gasteiger charge is -2.33. The van der Waals surface area contributed by atoms with Crippen molar-refractivity contribution in [1.29, 1.82) is 0 Å². The standard InChI is InChI=1S/C10H14BrF2NO3/c11-5-7(15)8(14-9(16)17)6-2-1-3-10(12,13)4-6/h6,8,14H,1-5H2,(H,16,17)/t6-,8+/m1/s1. The highest BCUT2D eigenvalue weighted by molar-refractivity contribution is 9.09. The van der Waals surface area contributed by atoms with Crippen LogP contribution >= 0.6 is 15.9 Å². The number of alkyl halides is 3. The van der Waals surface area contributed by atoms with Crippen LogP contribution in [0.1, 0.15) is 25.7 Å². The van der Waals surface area contributed by atoms with Gasteiger partial charge in [-0.25, -0.2) is 13.6 Å². The summed E-state index contributed by atoms with van der Waals surface area (Å²) < 4.78 is 26.4. The second-order valence-electron chi connectivity index (χ2n) is 4.24. The molecule has 1 aliphatic carbocycles. The third-order valence-electron chi connectivity index (χ3n) is 2.91. The summed E-state index contributed by atoms with van der Waals surface area (Å²) >= 11 is 2.93. The number of rotatable bonds is 4. The highest BCUT2D eigenvalue weighted by atomic mass is 79.9. The van der Waals surface area contributed by atoms with Gasteiger partial charge in [0.2, 0.25) is 5.92 Å². The van der Waals surface area contributed by atoms with E-state index in [0.29, 0.717) is 12.8 Å². The van der Waals surface area contributed by atoms with Crippen LogP contribution in [-0.4, -0.2) is 34.3 Å². The zero-order chi connectivity index (χ0) is 13.1. The molecule has 1 amide bonds. The number of carboxylic acid groups (broad SMARTS) is 1. The second kappa shape index (κ2) is 5.75. The van der Waals surface area contributed by atoms with Gasteiger partial charge in [0.25, 0.3) is 0 Å². The van der Waals surface area contributed by atoms with Gasteiger partial charge in [-0.2, -0.15) is 0 Å². The number of ketones is 1. The molecule has 0 unspecified atom stereocenters. The molecule has 4 nitrogen and oxygen atoms in total. The molecule has 1 fully saturated rings. The summed E-state index contributed by atoms with van der Waals surface area (Å²) in [5.74, 6) is -3.83. The van der Waals surface area contributed by atoms with Gasteiger partial charge in [0.1, 0.15) is 0 Å². The maximum atomic E-state index is 13.2. The van der Waals surface area contributed by atoms with Crippen molar-refractivity contribution in [2.24, 2.45) is 5.92 Å². The lowest BCUT2D eigenvalue weighted by Crippen LogP contribution is -2.48. The van der Waals surface area contributed by atoms with Crippen LogP contribution in [0, 0.1) is 5.92 Å². The Morgan fingerprint density at radius 3 is 2.65 bits per heavy atom. The highest BCUT2D eigenvalue weighted by Gasteiger charge is 2.41. The molecule has 1 rings (SSSR count). The fourth-order valence-corrected chi connectivity index (χ4v) is 2.52. The average molecular weight is 314 g/mol. The minimum atomic E-state index is -2.80. The molecule has 0 aromatic heterocycles. The number of nitrogens with one attached hydrogen (secondary N) is 1. The van der Waals surface area contributed by atoms with E-state index in [-0.39, 0.29) is 11.8 Å². The van der Waals surface area contributed by atoms with E-state index in [2.05, 4.69) is 15.9 Å². The molecular weight excluding hydrogens is 300 g/mol. The quantitative estimate of drug-likeness (QED) is 0.783. The predicted molar refractivity (Wildman–Crippen MR) is 60.7 cm³/mol. The van der Waals surface area contributed by atoms with Gasteiger partial charge in [0, 0.05) is 12.8 Å². The SMILES string of the molecule is O=C(O)N[C@H](C(=O)CBr)[C@@H]1CCCC(F)(F)C1. The van der Waals surface area contributed by atoms with E-state index in [1.807, 2.05) is 5.32 Å². The van der Waals surface area contributed by atoms with Crippen LogP contribution in [0.4, 0.5) is 13.6 Å². The molecule has 0 radical (unpaired) electrons. The minimum Gasteiger partial charge on any atom is -0.465 e. The number of carbonyl (C=O) groups is 2. The molecule has 0 aromatic rings. The zero-order valence-electron chi connectivity index (χ0n) is 9.09. The topological polar surface area (TPSA) is 66.4 Å². The van der Waals surface area contributed by atoms with Crippen molar-refractivity contribution in [3.8, 4) is 0 Å². The monoisotopic (exact) mass is 313 g/mol. The summed E-state index contributed by atoms with van der Waals surface area (Å²) in [7, 11) is 0. The van der Waals surface area contributed by atoms with Crippen LogP contribution in [0.25, 0.3) is 0 Å². The normalized spacial score (nSPS) is 25.0. The number of halogens is 3. The van der Waals surface area contributed by atoms with Gasteiger partial charge in [-0.3, -0.25) is 4.79 Å². The summed E-state index contributed by atoms with van der Waals surface area (Å²) in [4.78, 5) is 22.1. The molecule has 2 N–H and O–H groups in total. The Balaban J connectivity index is 2.75. The van der Waals surface area contributed by atoms with Gasteiger partial charge < -0.3 is 10.4 Å². The van der Waals surface area contributed by atoms with Crippen molar-refractivity contribution in [2.45, 2.75) is 37.6 Å². The van der Waals surface area contributed by atoms with Crippen LogP contribution in [0.5, 0.6) is 0 Å². The van der Waals surface area contributed by atoms with Crippen LogP contribution < -0.4 is 5.32 Å². The summed E-state index contributed by atoms with van der Waals surface area (Å²) in [5, 5.41) is 10.6. The Morgan fingerprint density at radius 2 is 2.18 bits per heavy atom. The van der Waals surface area contributed by atoms with Crippen molar-refractivity contribution in [2.75, 3.05) is 5.33 Å². The molecule has 7 heteroatoms. The second-order valence-corrected chi connectivity index (χ2v) is 4.80. The van der Waals surface area contributed by atoms with E-state index in [9.17, 15) is 18.4 Å². The van der Waals surface area contributed by atoms with Crippen molar-refractivity contribution >= 4 is 27.8 Å². The highest BCUT2D eigenvalue weighted by Crippen LogP contribution is 2.38. The summed E-state index contributed by atoms with van der Waals surface area (Å²) in [6.07, 6.45) is -1.23. The van der Waals surface area contributed by atoms with Gasteiger partial charge in [0.05, 0.1) is 11.4 Å². The number of carbonyl (C=O) groups excluding carboxylic acids is 1. The average Bonchev–Trinajstić information content (AvgIpc) is 2.23. The van der Waals surface area contributed by atoms with Crippen LogP contribution in [0.2, 0.25) is 0 Å². The molecule has 0 heterocycles. The van der Waals surface area contributed by atoms with Crippen LogP contribution in [-0.2, 0) is 4.79 Å². The molecule has 1 saturated carbocycles. The first kappa shape index (κ1) is 14.3. The molecule has 0 bridgehead atoms. The number of hydrogen-bond acceptors (Lipinski definition) is 2. The fraction of sp³-hybridized carbons (Fsp3) is 0.800. The predicted octanol–water partition coefficient (Wildman–Crippen LogP) is 2.41. The molecule has 0 saturated heterocycles. The minimum absolute atomic E-state index is 0.0416. The van der Waals surface area contributed by atoms with Crippen molar-refractivity contribution < 1.29 is 23.5 Å². The first-order valence-corrected chi connectivity index (χ1v) is 6.44. The molecule has 2 atom stereocenters. The molecule has 17 heavy (non-hydrogen) atoms. The lowest BCUT2D eigenvalue weighted by atomic mass is 9.80. The van der Waals surface area contributed by atoms with Gasteiger partial charge >= 0.3 is 6.09 Å². The Kier molecular flexibility index (Phi) is 4.85. The van der Waals surface area contributed by atoms with Crippen molar-refractivity contribution in [3.05, 3.63) is 0 Å². The van der Waals surface area contributed by atoms with Crippen LogP contribution in [0.3, 0.4) is 0 Å². The molecule has 1 aliphatic rings. The molecule has 0 aromatic carbocycles. The molecule has 0 spiro atoms. The van der Waals surface area contributed by atoms with Crippen molar-refractivity contribution in [1.82, 2.24) is 5.32 Å². The first-order valence-electron chi connectivity index (χ1n) is 5.31. The van der Waals surface area contributed by atoms with Gasteiger partial charge in [-0.1, -0.05) is 15.9 Å². The molecule has 0 aliphatic heterocycles. The zero-order valence-corrected chi connectivity index (χ0v) is 10.7. The largest absolute Gasteiger partial charge is 0.465 e. The Bertz CT molecular complexity index is 312. The van der Waals surface area contributed by atoms with E-state index in [1.165, 1.54) is 0 Å². The third kappa shape index (κ3) is 4.22. The Hall–Kier alpha value is -0.720. The number of hydrogen-bond donors (Lipinski definition) is 2.